The maximum Gasteiger partial charge on any atom is 0.218 e. The highest BCUT2D eigenvalue weighted by molar-refractivity contribution is 7.17. The van der Waals surface area contributed by atoms with E-state index in [-0.39, 0.29) is 0 Å². The monoisotopic (exact) mass is 248 g/mol. The van der Waals surface area contributed by atoms with Gasteiger partial charge < -0.3 is 4.90 Å². The van der Waals surface area contributed by atoms with E-state index in [9.17, 15) is 4.79 Å². The molecule has 2 aromatic rings. The quantitative estimate of drug-likeness (QED) is 0.776. The third-order valence-electron chi connectivity index (χ3n) is 2.89. The normalized spacial score (nSPS) is 15.4. The molecule has 0 aliphatic carbocycles. The van der Waals surface area contributed by atoms with E-state index < -0.39 is 0 Å². The van der Waals surface area contributed by atoms with Gasteiger partial charge in [0.05, 0.1) is 5.69 Å². The van der Waals surface area contributed by atoms with Crippen LogP contribution in [0.15, 0.2) is 18.3 Å². The molecule has 0 bridgehead atoms. The fourth-order valence-corrected chi connectivity index (χ4v) is 2.91. The Balaban J connectivity index is 1.91. The largest absolute Gasteiger partial charge is 0.347 e. The SMILES string of the molecule is O=Cc1cccn1-c1nnc(N2CCCC2)s1. The van der Waals surface area contributed by atoms with Crippen LogP contribution in [0.1, 0.15) is 23.3 Å². The highest BCUT2D eigenvalue weighted by atomic mass is 32.1. The van der Waals surface area contributed by atoms with Crippen molar-refractivity contribution in [3.63, 3.8) is 0 Å². The average molecular weight is 248 g/mol. The van der Waals surface area contributed by atoms with Crippen LogP contribution < -0.4 is 4.90 Å². The number of aromatic nitrogens is 3. The Morgan fingerprint density at radius 3 is 2.76 bits per heavy atom. The van der Waals surface area contributed by atoms with Gasteiger partial charge in [0.15, 0.2) is 6.29 Å². The number of carbonyl (C=O) groups is 1. The van der Waals surface area contributed by atoms with Crippen LogP contribution >= 0.6 is 11.3 Å². The zero-order chi connectivity index (χ0) is 11.7. The minimum atomic E-state index is 0.606. The molecule has 88 valence electrons. The van der Waals surface area contributed by atoms with Crippen LogP contribution in [0.5, 0.6) is 0 Å². The zero-order valence-corrected chi connectivity index (χ0v) is 10.1. The van der Waals surface area contributed by atoms with Crippen LogP contribution in [0.4, 0.5) is 5.13 Å². The first-order valence-electron chi connectivity index (χ1n) is 5.60. The molecule has 0 spiro atoms. The molecule has 0 saturated carbocycles. The van der Waals surface area contributed by atoms with Crippen molar-refractivity contribution in [1.82, 2.24) is 14.8 Å². The molecule has 3 rings (SSSR count). The van der Waals surface area contributed by atoms with Crippen molar-refractivity contribution in [2.24, 2.45) is 0 Å². The predicted octanol–water partition coefficient (Wildman–Crippen LogP) is 1.74. The summed E-state index contributed by atoms with van der Waals surface area (Å²) < 4.78 is 1.77. The van der Waals surface area contributed by atoms with Gasteiger partial charge in [0.1, 0.15) is 0 Å². The number of carbonyl (C=O) groups excluding carboxylic acids is 1. The Morgan fingerprint density at radius 1 is 1.24 bits per heavy atom. The molecule has 0 amide bonds. The van der Waals surface area contributed by atoms with Gasteiger partial charge >= 0.3 is 0 Å². The number of rotatable bonds is 3. The van der Waals surface area contributed by atoms with E-state index in [4.69, 9.17) is 0 Å². The third kappa shape index (κ3) is 1.84. The van der Waals surface area contributed by atoms with E-state index in [0.717, 1.165) is 29.6 Å². The van der Waals surface area contributed by atoms with Crippen molar-refractivity contribution >= 4 is 22.8 Å². The minimum absolute atomic E-state index is 0.606. The van der Waals surface area contributed by atoms with Gasteiger partial charge in [-0.2, -0.15) is 0 Å². The van der Waals surface area contributed by atoms with Crippen molar-refractivity contribution in [3.8, 4) is 5.13 Å². The molecule has 0 atom stereocenters. The molecule has 1 aliphatic heterocycles. The lowest BCUT2D eigenvalue weighted by Gasteiger charge is -2.10. The Labute approximate surface area is 103 Å². The van der Waals surface area contributed by atoms with Crippen LogP contribution in [0.25, 0.3) is 5.13 Å². The summed E-state index contributed by atoms with van der Waals surface area (Å²) >= 11 is 1.53. The van der Waals surface area contributed by atoms with E-state index >= 15 is 0 Å². The summed E-state index contributed by atoms with van der Waals surface area (Å²) in [5.74, 6) is 0. The highest BCUT2D eigenvalue weighted by Gasteiger charge is 2.17. The first-order valence-corrected chi connectivity index (χ1v) is 6.41. The molecule has 6 heteroatoms. The van der Waals surface area contributed by atoms with E-state index in [0.29, 0.717) is 5.69 Å². The molecule has 0 radical (unpaired) electrons. The average Bonchev–Trinajstić information content (AvgIpc) is 3.09. The second-order valence-corrected chi connectivity index (χ2v) is 4.92. The first kappa shape index (κ1) is 10.5. The third-order valence-corrected chi connectivity index (χ3v) is 3.87. The standard InChI is InChI=1S/C11H12N4OS/c16-8-9-4-3-7-15(9)11-13-12-10(17-11)14-5-1-2-6-14/h3-4,7-8H,1-2,5-6H2. The molecule has 0 aromatic carbocycles. The Hall–Kier alpha value is -1.69. The number of nitrogens with zero attached hydrogens (tertiary/aromatic N) is 4. The van der Waals surface area contributed by atoms with Crippen molar-refractivity contribution in [2.45, 2.75) is 12.8 Å². The number of anilines is 1. The van der Waals surface area contributed by atoms with E-state index in [2.05, 4.69) is 15.1 Å². The molecular formula is C11H12N4OS. The molecular weight excluding hydrogens is 236 g/mol. The Morgan fingerprint density at radius 2 is 2.00 bits per heavy atom. The van der Waals surface area contributed by atoms with Gasteiger partial charge in [0.25, 0.3) is 0 Å². The lowest BCUT2D eigenvalue weighted by Crippen LogP contribution is -2.17. The smallest absolute Gasteiger partial charge is 0.218 e. The van der Waals surface area contributed by atoms with Crippen LogP contribution in [-0.2, 0) is 0 Å². The van der Waals surface area contributed by atoms with Crippen molar-refractivity contribution in [3.05, 3.63) is 24.0 Å². The highest BCUT2D eigenvalue weighted by Crippen LogP contribution is 2.26. The number of aldehydes is 1. The van der Waals surface area contributed by atoms with Crippen molar-refractivity contribution in [2.75, 3.05) is 18.0 Å². The van der Waals surface area contributed by atoms with Crippen LogP contribution in [0.3, 0.4) is 0 Å². The fourth-order valence-electron chi connectivity index (χ4n) is 2.01. The lowest BCUT2D eigenvalue weighted by atomic mass is 10.4. The molecule has 17 heavy (non-hydrogen) atoms. The van der Waals surface area contributed by atoms with Crippen LogP contribution in [0, 0.1) is 0 Å². The topological polar surface area (TPSA) is 51.0 Å². The number of hydrogen-bond donors (Lipinski definition) is 0. The summed E-state index contributed by atoms with van der Waals surface area (Å²) in [4.78, 5) is 13.1. The molecule has 0 unspecified atom stereocenters. The minimum Gasteiger partial charge on any atom is -0.347 e. The summed E-state index contributed by atoms with van der Waals surface area (Å²) in [6.45, 7) is 2.11. The van der Waals surface area contributed by atoms with E-state index in [1.165, 1.54) is 24.2 Å². The fraction of sp³-hybridized carbons (Fsp3) is 0.364. The summed E-state index contributed by atoms with van der Waals surface area (Å²) in [6.07, 6.45) is 5.10. The second kappa shape index (κ2) is 4.29. The Bertz CT molecular complexity index is 527. The summed E-state index contributed by atoms with van der Waals surface area (Å²) in [7, 11) is 0. The molecule has 0 N–H and O–H groups in total. The summed E-state index contributed by atoms with van der Waals surface area (Å²) in [5.41, 5.74) is 0.606. The maximum absolute atomic E-state index is 10.8. The molecule has 1 aliphatic rings. The summed E-state index contributed by atoms with van der Waals surface area (Å²) in [5, 5.41) is 10.0. The van der Waals surface area contributed by atoms with Gasteiger partial charge in [-0.3, -0.25) is 9.36 Å². The maximum atomic E-state index is 10.8. The van der Waals surface area contributed by atoms with Gasteiger partial charge in [-0.05, 0) is 25.0 Å². The van der Waals surface area contributed by atoms with Gasteiger partial charge in [-0.25, -0.2) is 0 Å². The van der Waals surface area contributed by atoms with Crippen LogP contribution in [-0.4, -0.2) is 34.1 Å². The van der Waals surface area contributed by atoms with Gasteiger partial charge in [-0.1, -0.05) is 11.3 Å². The van der Waals surface area contributed by atoms with Crippen molar-refractivity contribution in [1.29, 1.82) is 0 Å². The summed E-state index contributed by atoms with van der Waals surface area (Å²) in [6, 6.07) is 3.60. The molecule has 5 nitrogen and oxygen atoms in total. The van der Waals surface area contributed by atoms with Gasteiger partial charge in [-0.15, -0.1) is 10.2 Å². The Kier molecular flexibility index (Phi) is 2.64. The van der Waals surface area contributed by atoms with Gasteiger partial charge in [0, 0.05) is 19.3 Å². The van der Waals surface area contributed by atoms with Crippen molar-refractivity contribution < 1.29 is 4.79 Å². The van der Waals surface area contributed by atoms with E-state index in [1.54, 1.807) is 10.6 Å². The van der Waals surface area contributed by atoms with Crippen LogP contribution in [0.2, 0.25) is 0 Å². The predicted molar refractivity (Wildman–Crippen MR) is 66.1 cm³/mol. The first-order chi connectivity index (χ1) is 8.38. The molecule has 3 heterocycles. The molecule has 2 aromatic heterocycles. The van der Waals surface area contributed by atoms with E-state index in [1.807, 2.05) is 12.3 Å². The molecule has 1 fully saturated rings. The molecule has 1 saturated heterocycles. The lowest BCUT2D eigenvalue weighted by molar-refractivity contribution is 0.111. The van der Waals surface area contributed by atoms with Gasteiger partial charge in [0.2, 0.25) is 10.3 Å². The second-order valence-electron chi connectivity index (χ2n) is 3.98. The zero-order valence-electron chi connectivity index (χ0n) is 9.24. The number of hydrogen-bond acceptors (Lipinski definition) is 5.